The van der Waals surface area contributed by atoms with Gasteiger partial charge in [0.15, 0.2) is 0 Å². The summed E-state index contributed by atoms with van der Waals surface area (Å²) in [5.41, 5.74) is 0.0831. The van der Waals surface area contributed by atoms with Crippen molar-refractivity contribution < 1.29 is 9.90 Å². The second kappa shape index (κ2) is 5.75. The van der Waals surface area contributed by atoms with Crippen molar-refractivity contribution in [2.75, 3.05) is 25.5 Å². The van der Waals surface area contributed by atoms with Crippen molar-refractivity contribution in [2.45, 2.75) is 19.4 Å². The fourth-order valence-electron chi connectivity index (χ4n) is 2.44. The number of rotatable bonds is 3. The third-order valence-electron chi connectivity index (χ3n) is 3.53. The van der Waals surface area contributed by atoms with E-state index in [0.29, 0.717) is 17.8 Å². The zero-order valence-electron chi connectivity index (χ0n) is 11.1. The van der Waals surface area contributed by atoms with E-state index in [1.807, 2.05) is 0 Å². The fraction of sp³-hybridized carbons (Fsp3) is 0.538. The van der Waals surface area contributed by atoms with Crippen LogP contribution in [0, 0.1) is 5.92 Å². The predicted molar refractivity (Wildman–Crippen MR) is 74.9 cm³/mol. The average molecular weight is 284 g/mol. The number of carbonyl (C=O) groups is 1. The molecule has 2 N–H and O–H groups in total. The van der Waals surface area contributed by atoms with Crippen LogP contribution in [0.2, 0.25) is 5.02 Å². The van der Waals surface area contributed by atoms with Crippen molar-refractivity contribution in [3.63, 3.8) is 0 Å². The van der Waals surface area contributed by atoms with Crippen LogP contribution in [0.15, 0.2) is 12.3 Å². The lowest BCUT2D eigenvalue weighted by atomic mass is 9.94. The zero-order valence-corrected chi connectivity index (χ0v) is 11.8. The van der Waals surface area contributed by atoms with E-state index in [0.717, 1.165) is 19.5 Å². The molecule has 0 amide bonds. The molecule has 1 saturated heterocycles. The Morgan fingerprint density at radius 2 is 2.37 bits per heavy atom. The van der Waals surface area contributed by atoms with Crippen molar-refractivity contribution in [3.05, 3.63) is 22.8 Å². The summed E-state index contributed by atoms with van der Waals surface area (Å²) < 4.78 is 0. The van der Waals surface area contributed by atoms with Gasteiger partial charge >= 0.3 is 5.97 Å². The Kier molecular flexibility index (Phi) is 4.27. The van der Waals surface area contributed by atoms with Crippen molar-refractivity contribution in [3.8, 4) is 0 Å². The summed E-state index contributed by atoms with van der Waals surface area (Å²) in [5.74, 6) is 0.0274. The largest absolute Gasteiger partial charge is 0.478 e. The number of nitrogens with zero attached hydrogens (tertiary/aromatic N) is 2. The molecule has 0 aliphatic carbocycles. The van der Waals surface area contributed by atoms with Crippen LogP contribution >= 0.6 is 11.6 Å². The monoisotopic (exact) mass is 283 g/mol. The highest BCUT2D eigenvalue weighted by molar-refractivity contribution is 6.33. The van der Waals surface area contributed by atoms with Gasteiger partial charge in [-0.15, -0.1) is 0 Å². The first kappa shape index (κ1) is 14.1. The molecule has 0 spiro atoms. The number of halogens is 1. The molecule has 2 rings (SSSR count). The van der Waals surface area contributed by atoms with E-state index in [1.165, 1.54) is 12.3 Å². The summed E-state index contributed by atoms with van der Waals surface area (Å²) in [4.78, 5) is 17.5. The molecule has 0 bridgehead atoms. The van der Waals surface area contributed by atoms with Gasteiger partial charge in [-0.3, -0.25) is 0 Å². The van der Waals surface area contributed by atoms with Gasteiger partial charge in [-0.25, -0.2) is 9.78 Å². The van der Waals surface area contributed by atoms with Crippen LogP contribution in [0.25, 0.3) is 0 Å². The number of carboxylic acid groups (broad SMARTS) is 1. The van der Waals surface area contributed by atoms with Gasteiger partial charge in [0.25, 0.3) is 0 Å². The van der Waals surface area contributed by atoms with E-state index in [-0.39, 0.29) is 10.6 Å². The quantitative estimate of drug-likeness (QED) is 0.890. The summed E-state index contributed by atoms with van der Waals surface area (Å²) in [7, 11) is 2.11. The number of hydrogen-bond donors (Lipinski definition) is 2. The van der Waals surface area contributed by atoms with Gasteiger partial charge in [0.1, 0.15) is 5.82 Å². The third kappa shape index (κ3) is 3.36. The maximum atomic E-state index is 11.0. The number of aromatic nitrogens is 1. The number of likely N-dealkylation sites (tertiary alicyclic amines) is 1. The second-order valence-electron chi connectivity index (χ2n) is 5.13. The van der Waals surface area contributed by atoms with Gasteiger partial charge < -0.3 is 15.3 Å². The third-order valence-corrected chi connectivity index (χ3v) is 3.83. The molecule has 5 nitrogen and oxygen atoms in total. The molecule has 19 heavy (non-hydrogen) atoms. The van der Waals surface area contributed by atoms with E-state index in [4.69, 9.17) is 16.7 Å². The van der Waals surface area contributed by atoms with E-state index >= 15 is 0 Å². The predicted octanol–water partition coefficient (Wildman–Crippen LogP) is 2.19. The summed E-state index contributed by atoms with van der Waals surface area (Å²) >= 11 is 5.80. The Morgan fingerprint density at radius 1 is 1.63 bits per heavy atom. The minimum Gasteiger partial charge on any atom is -0.478 e. The van der Waals surface area contributed by atoms with Gasteiger partial charge in [0, 0.05) is 18.8 Å². The second-order valence-corrected chi connectivity index (χ2v) is 5.54. The molecule has 1 aromatic heterocycles. The maximum Gasteiger partial charge on any atom is 0.337 e. The summed E-state index contributed by atoms with van der Waals surface area (Å²) in [6.45, 7) is 4.24. The lowest BCUT2D eigenvalue weighted by Gasteiger charge is -2.35. The molecule has 2 heterocycles. The van der Waals surface area contributed by atoms with Crippen molar-refractivity contribution in [1.29, 1.82) is 0 Å². The van der Waals surface area contributed by atoms with Gasteiger partial charge in [-0.2, -0.15) is 0 Å². The minimum atomic E-state index is -1.04. The summed E-state index contributed by atoms with van der Waals surface area (Å²) in [6.07, 6.45) is 2.40. The van der Waals surface area contributed by atoms with E-state index < -0.39 is 5.97 Å². The average Bonchev–Trinajstić information content (AvgIpc) is 2.34. The number of carboxylic acids is 1. The van der Waals surface area contributed by atoms with E-state index in [1.54, 1.807) is 0 Å². The van der Waals surface area contributed by atoms with Crippen LogP contribution in [0.1, 0.15) is 23.7 Å². The summed E-state index contributed by atoms with van der Waals surface area (Å²) in [6, 6.07) is 1.81. The van der Waals surface area contributed by atoms with Crippen molar-refractivity contribution in [2.24, 2.45) is 5.92 Å². The first-order valence-electron chi connectivity index (χ1n) is 6.31. The van der Waals surface area contributed by atoms with Crippen molar-refractivity contribution >= 4 is 23.4 Å². The van der Waals surface area contributed by atoms with Crippen LogP contribution in [0.4, 0.5) is 5.82 Å². The number of piperidine rings is 1. The van der Waals surface area contributed by atoms with Crippen LogP contribution < -0.4 is 5.32 Å². The van der Waals surface area contributed by atoms with Gasteiger partial charge in [0.05, 0.1) is 10.6 Å². The van der Waals surface area contributed by atoms with Crippen molar-refractivity contribution in [1.82, 2.24) is 9.88 Å². The number of pyridine rings is 1. The van der Waals surface area contributed by atoms with Gasteiger partial charge in [-0.1, -0.05) is 18.5 Å². The lowest BCUT2D eigenvalue weighted by molar-refractivity contribution is 0.0697. The smallest absolute Gasteiger partial charge is 0.337 e. The molecule has 1 aliphatic rings. The number of aromatic carboxylic acids is 1. The molecule has 2 unspecified atom stereocenters. The molecule has 0 radical (unpaired) electrons. The van der Waals surface area contributed by atoms with Crippen LogP contribution in [0.3, 0.4) is 0 Å². The molecule has 104 valence electrons. The number of hydrogen-bond acceptors (Lipinski definition) is 4. The van der Waals surface area contributed by atoms with E-state index in [2.05, 4.69) is 29.2 Å². The standard InChI is InChI=1S/C13H18ClN3O2/c1-8-7-17(2)4-3-11(8)16-12-5-9(13(18)19)10(14)6-15-12/h5-6,8,11H,3-4,7H2,1-2H3,(H,15,16)(H,18,19). The van der Waals surface area contributed by atoms with Crippen LogP contribution in [-0.4, -0.2) is 47.1 Å². The highest BCUT2D eigenvalue weighted by Gasteiger charge is 2.24. The minimum absolute atomic E-state index is 0.0831. The van der Waals surface area contributed by atoms with Gasteiger partial charge in [-0.05, 0) is 32.0 Å². The highest BCUT2D eigenvalue weighted by Crippen LogP contribution is 2.22. The van der Waals surface area contributed by atoms with E-state index in [9.17, 15) is 4.79 Å². The van der Waals surface area contributed by atoms with Gasteiger partial charge in [0.2, 0.25) is 0 Å². The highest BCUT2D eigenvalue weighted by atomic mass is 35.5. The summed E-state index contributed by atoms with van der Waals surface area (Å²) in [5, 5.41) is 12.5. The molecule has 1 aromatic rings. The van der Waals surface area contributed by atoms with Crippen LogP contribution in [-0.2, 0) is 0 Å². The topological polar surface area (TPSA) is 65.5 Å². The molecular formula is C13H18ClN3O2. The maximum absolute atomic E-state index is 11.0. The Balaban J connectivity index is 2.11. The SMILES string of the molecule is CC1CN(C)CCC1Nc1cc(C(=O)O)c(Cl)cn1. The van der Waals surface area contributed by atoms with Crippen LogP contribution in [0.5, 0.6) is 0 Å². The fourth-order valence-corrected chi connectivity index (χ4v) is 2.62. The Bertz CT molecular complexity index is 481. The molecular weight excluding hydrogens is 266 g/mol. The Labute approximate surface area is 117 Å². The molecule has 1 fully saturated rings. The lowest BCUT2D eigenvalue weighted by Crippen LogP contribution is -2.43. The normalized spacial score (nSPS) is 24.2. The number of nitrogens with one attached hydrogen (secondary N) is 1. The molecule has 0 saturated carbocycles. The molecule has 1 aliphatic heterocycles. The Hall–Kier alpha value is -1.33. The first-order valence-corrected chi connectivity index (χ1v) is 6.69. The first-order chi connectivity index (χ1) is 8.97. The Morgan fingerprint density at radius 3 is 3.00 bits per heavy atom. The molecule has 2 atom stereocenters. The zero-order chi connectivity index (χ0) is 14.0. The molecule has 0 aromatic carbocycles. The number of anilines is 1. The molecule has 6 heteroatoms.